The van der Waals surface area contributed by atoms with Crippen LogP contribution in [-0.4, -0.2) is 5.91 Å². The maximum Gasteiger partial charge on any atom is 0.224 e. The van der Waals surface area contributed by atoms with Gasteiger partial charge in [0.15, 0.2) is 0 Å². The lowest BCUT2D eigenvalue weighted by Gasteiger charge is -2.21. The zero-order valence-corrected chi connectivity index (χ0v) is 10.5. The maximum atomic E-state index is 11.9. The van der Waals surface area contributed by atoms with Crippen molar-refractivity contribution >= 4 is 11.6 Å². The first-order chi connectivity index (χ1) is 8.25. The fourth-order valence-corrected chi connectivity index (χ4v) is 2.57. The molecule has 2 nitrogen and oxygen atoms in total. The Morgan fingerprint density at radius 3 is 2.65 bits per heavy atom. The van der Waals surface area contributed by atoms with Crippen LogP contribution in [0.5, 0.6) is 0 Å². The minimum absolute atomic E-state index is 0.172. The van der Waals surface area contributed by atoms with Crippen molar-refractivity contribution in [2.24, 2.45) is 5.92 Å². The van der Waals surface area contributed by atoms with Crippen molar-refractivity contribution in [3.63, 3.8) is 0 Å². The van der Waals surface area contributed by atoms with Crippen LogP contribution in [-0.2, 0) is 4.79 Å². The van der Waals surface area contributed by atoms with Gasteiger partial charge >= 0.3 is 0 Å². The minimum atomic E-state index is 0.172. The summed E-state index contributed by atoms with van der Waals surface area (Å²) in [5.41, 5.74) is 2.08. The van der Waals surface area contributed by atoms with E-state index in [9.17, 15) is 4.79 Å². The first-order valence-corrected chi connectivity index (χ1v) is 6.61. The number of hydrogen-bond donors (Lipinski definition) is 1. The number of benzene rings is 1. The van der Waals surface area contributed by atoms with Gasteiger partial charge in [-0.2, -0.15) is 0 Å². The van der Waals surface area contributed by atoms with Gasteiger partial charge in [-0.05, 0) is 37.3 Å². The summed E-state index contributed by atoms with van der Waals surface area (Å²) in [6, 6.07) is 7.94. The Kier molecular flexibility index (Phi) is 4.18. The molecule has 1 fully saturated rings. The van der Waals surface area contributed by atoms with E-state index in [2.05, 4.69) is 5.32 Å². The SMILES string of the molecule is Cc1ccccc1NC(=O)CC1CCCCC1. The number of carbonyl (C=O) groups is 1. The maximum absolute atomic E-state index is 11.9. The first kappa shape index (κ1) is 12.2. The number of aryl methyl sites for hydroxylation is 1. The molecule has 0 aromatic heterocycles. The second-order valence-electron chi connectivity index (χ2n) is 5.07. The molecule has 0 bridgehead atoms. The smallest absolute Gasteiger partial charge is 0.224 e. The minimum Gasteiger partial charge on any atom is -0.326 e. The van der Waals surface area contributed by atoms with Crippen LogP contribution in [0, 0.1) is 12.8 Å². The van der Waals surface area contributed by atoms with Crippen molar-refractivity contribution in [1.29, 1.82) is 0 Å². The van der Waals surface area contributed by atoms with Crippen molar-refractivity contribution in [2.75, 3.05) is 5.32 Å². The fraction of sp³-hybridized carbons (Fsp3) is 0.533. The van der Waals surface area contributed by atoms with E-state index in [-0.39, 0.29) is 5.91 Å². The molecule has 0 radical (unpaired) electrons. The molecule has 17 heavy (non-hydrogen) atoms. The Bertz CT molecular complexity index is 380. The van der Waals surface area contributed by atoms with Gasteiger partial charge in [0.2, 0.25) is 5.91 Å². The molecule has 92 valence electrons. The average molecular weight is 231 g/mol. The standard InChI is InChI=1S/C15H21NO/c1-12-7-5-6-10-14(12)16-15(17)11-13-8-3-2-4-9-13/h5-7,10,13H,2-4,8-9,11H2,1H3,(H,16,17). The lowest BCUT2D eigenvalue weighted by atomic mass is 9.87. The molecular formula is C15H21NO. The van der Waals surface area contributed by atoms with Gasteiger partial charge < -0.3 is 5.32 Å². The van der Waals surface area contributed by atoms with E-state index in [1.807, 2.05) is 31.2 Å². The molecule has 1 aliphatic rings. The van der Waals surface area contributed by atoms with Crippen LogP contribution >= 0.6 is 0 Å². The second-order valence-corrected chi connectivity index (χ2v) is 5.07. The van der Waals surface area contributed by atoms with Crippen LogP contribution in [0.3, 0.4) is 0 Å². The molecule has 1 N–H and O–H groups in total. The van der Waals surface area contributed by atoms with Crippen LogP contribution in [0.25, 0.3) is 0 Å². The summed E-state index contributed by atoms with van der Waals surface area (Å²) in [4.78, 5) is 11.9. The number of rotatable bonds is 3. The topological polar surface area (TPSA) is 29.1 Å². The van der Waals surface area contributed by atoms with Crippen LogP contribution in [0.4, 0.5) is 5.69 Å². The number of para-hydroxylation sites is 1. The number of anilines is 1. The van der Waals surface area contributed by atoms with Crippen molar-refractivity contribution in [2.45, 2.75) is 45.4 Å². The van der Waals surface area contributed by atoms with E-state index in [1.54, 1.807) is 0 Å². The van der Waals surface area contributed by atoms with Gasteiger partial charge in [-0.3, -0.25) is 4.79 Å². The second kappa shape index (κ2) is 5.85. The molecule has 0 spiro atoms. The molecular weight excluding hydrogens is 210 g/mol. The molecule has 1 aliphatic carbocycles. The van der Waals surface area contributed by atoms with Crippen LogP contribution in [0.15, 0.2) is 24.3 Å². The molecule has 2 rings (SSSR count). The highest BCUT2D eigenvalue weighted by Gasteiger charge is 2.17. The number of carbonyl (C=O) groups excluding carboxylic acids is 1. The zero-order valence-electron chi connectivity index (χ0n) is 10.5. The van der Waals surface area contributed by atoms with E-state index in [1.165, 1.54) is 32.1 Å². The zero-order chi connectivity index (χ0) is 12.1. The highest BCUT2D eigenvalue weighted by molar-refractivity contribution is 5.91. The van der Waals surface area contributed by atoms with E-state index in [0.29, 0.717) is 12.3 Å². The number of amides is 1. The predicted molar refractivity (Wildman–Crippen MR) is 71.0 cm³/mol. The van der Waals surface area contributed by atoms with Gasteiger partial charge in [0, 0.05) is 12.1 Å². The van der Waals surface area contributed by atoms with Gasteiger partial charge in [-0.1, -0.05) is 37.5 Å². The molecule has 1 amide bonds. The summed E-state index contributed by atoms with van der Waals surface area (Å²) in [5.74, 6) is 0.777. The summed E-state index contributed by atoms with van der Waals surface area (Å²) >= 11 is 0. The van der Waals surface area contributed by atoms with Gasteiger partial charge in [-0.15, -0.1) is 0 Å². The van der Waals surface area contributed by atoms with E-state index in [0.717, 1.165) is 11.3 Å². The Labute approximate surface area is 103 Å². The molecule has 1 saturated carbocycles. The third-order valence-electron chi connectivity index (χ3n) is 3.62. The lowest BCUT2D eigenvalue weighted by Crippen LogP contribution is -2.18. The quantitative estimate of drug-likeness (QED) is 0.839. The molecule has 1 aromatic rings. The third-order valence-corrected chi connectivity index (χ3v) is 3.62. The van der Waals surface area contributed by atoms with Gasteiger partial charge in [-0.25, -0.2) is 0 Å². The summed E-state index contributed by atoms with van der Waals surface area (Å²) in [5, 5.41) is 3.02. The molecule has 1 aromatic carbocycles. The molecule has 0 saturated heterocycles. The highest BCUT2D eigenvalue weighted by Crippen LogP contribution is 2.26. The van der Waals surface area contributed by atoms with E-state index < -0.39 is 0 Å². The Balaban J connectivity index is 1.86. The Morgan fingerprint density at radius 2 is 1.94 bits per heavy atom. The average Bonchev–Trinajstić information content (AvgIpc) is 2.33. The monoisotopic (exact) mass is 231 g/mol. The third kappa shape index (κ3) is 3.58. The molecule has 2 heteroatoms. The summed E-state index contributed by atoms with van der Waals surface area (Å²) in [6.07, 6.45) is 7.07. The van der Waals surface area contributed by atoms with Crippen molar-refractivity contribution in [1.82, 2.24) is 0 Å². The lowest BCUT2D eigenvalue weighted by molar-refractivity contribution is -0.117. The van der Waals surface area contributed by atoms with Crippen molar-refractivity contribution in [3.8, 4) is 0 Å². The van der Waals surface area contributed by atoms with Crippen LogP contribution in [0.2, 0.25) is 0 Å². The summed E-state index contributed by atoms with van der Waals surface area (Å²) < 4.78 is 0. The predicted octanol–water partition coefficient (Wildman–Crippen LogP) is 3.90. The van der Waals surface area contributed by atoms with Crippen LogP contribution < -0.4 is 5.32 Å². The normalized spacial score (nSPS) is 16.8. The van der Waals surface area contributed by atoms with E-state index in [4.69, 9.17) is 0 Å². The Hall–Kier alpha value is -1.31. The summed E-state index contributed by atoms with van der Waals surface area (Å²) in [6.45, 7) is 2.02. The van der Waals surface area contributed by atoms with Crippen molar-refractivity contribution in [3.05, 3.63) is 29.8 Å². The van der Waals surface area contributed by atoms with Gasteiger partial charge in [0.1, 0.15) is 0 Å². The number of nitrogens with one attached hydrogen (secondary N) is 1. The Morgan fingerprint density at radius 1 is 1.24 bits per heavy atom. The largest absolute Gasteiger partial charge is 0.326 e. The molecule has 0 heterocycles. The van der Waals surface area contributed by atoms with E-state index >= 15 is 0 Å². The van der Waals surface area contributed by atoms with Gasteiger partial charge in [0.05, 0.1) is 0 Å². The summed E-state index contributed by atoms with van der Waals surface area (Å²) in [7, 11) is 0. The molecule has 0 atom stereocenters. The number of hydrogen-bond acceptors (Lipinski definition) is 1. The first-order valence-electron chi connectivity index (χ1n) is 6.61. The highest BCUT2D eigenvalue weighted by atomic mass is 16.1. The van der Waals surface area contributed by atoms with Crippen LogP contribution in [0.1, 0.15) is 44.1 Å². The van der Waals surface area contributed by atoms with Crippen molar-refractivity contribution < 1.29 is 4.79 Å². The van der Waals surface area contributed by atoms with Gasteiger partial charge in [0.25, 0.3) is 0 Å². The molecule has 0 unspecified atom stereocenters. The fourth-order valence-electron chi connectivity index (χ4n) is 2.57. The molecule has 0 aliphatic heterocycles.